The molecule has 3 rings (SSSR count). The van der Waals surface area contributed by atoms with Gasteiger partial charge in [-0.1, -0.05) is 0 Å². The lowest BCUT2D eigenvalue weighted by Crippen LogP contribution is -2.32. The molecule has 0 saturated carbocycles. The zero-order chi connectivity index (χ0) is 18.5. The fourth-order valence-corrected chi connectivity index (χ4v) is 2.53. The second kappa shape index (κ2) is 7.87. The van der Waals surface area contributed by atoms with Crippen molar-refractivity contribution in [2.24, 2.45) is 5.10 Å². The Bertz CT molecular complexity index is 867. The zero-order valence-corrected chi connectivity index (χ0v) is 15.2. The van der Waals surface area contributed by atoms with Gasteiger partial charge in [-0.25, -0.2) is 5.43 Å². The van der Waals surface area contributed by atoms with Crippen LogP contribution in [0.4, 0.5) is 5.69 Å². The Morgan fingerprint density at radius 3 is 2.54 bits per heavy atom. The second-order valence-corrected chi connectivity index (χ2v) is 5.96. The van der Waals surface area contributed by atoms with E-state index in [-0.39, 0.29) is 6.79 Å². The number of hydrazone groups is 1. The van der Waals surface area contributed by atoms with Crippen LogP contribution < -0.4 is 25.0 Å². The maximum atomic E-state index is 11.9. The normalized spacial score (nSPS) is 12.1. The molecule has 0 aliphatic carbocycles. The Kier molecular flexibility index (Phi) is 5.37. The number of benzene rings is 2. The molecule has 2 N–H and O–H groups in total. The summed E-state index contributed by atoms with van der Waals surface area (Å²) in [7, 11) is 1.54. The summed E-state index contributed by atoms with van der Waals surface area (Å²) in [6.07, 6.45) is 1.39. The molecule has 2 aromatic rings. The van der Waals surface area contributed by atoms with Crippen LogP contribution in [0, 0.1) is 0 Å². The molecule has 0 unspecified atom stereocenters. The lowest BCUT2D eigenvalue weighted by Gasteiger charge is -2.05. The molecular weight excluding hydrogens is 406 g/mol. The molecular formula is C17H14BrN3O5. The van der Waals surface area contributed by atoms with Gasteiger partial charge in [0, 0.05) is 15.7 Å². The largest absolute Gasteiger partial charge is 0.497 e. The Hall–Kier alpha value is -3.07. The van der Waals surface area contributed by atoms with Crippen molar-refractivity contribution >= 4 is 39.6 Å². The maximum absolute atomic E-state index is 11.9. The Morgan fingerprint density at radius 1 is 1.15 bits per heavy atom. The van der Waals surface area contributed by atoms with Gasteiger partial charge in [0.05, 0.1) is 13.3 Å². The van der Waals surface area contributed by atoms with Crippen LogP contribution in [-0.2, 0) is 9.59 Å². The molecule has 9 heteroatoms. The SMILES string of the molecule is COc1ccc(NC(=O)C(=O)NN=Cc2cc3c(cc2Br)OCO3)cc1. The number of carbonyl (C=O) groups is 2. The van der Waals surface area contributed by atoms with Gasteiger partial charge in [0.2, 0.25) is 6.79 Å². The molecule has 8 nitrogen and oxygen atoms in total. The van der Waals surface area contributed by atoms with Crippen LogP contribution >= 0.6 is 15.9 Å². The van der Waals surface area contributed by atoms with Crippen LogP contribution in [-0.4, -0.2) is 31.9 Å². The van der Waals surface area contributed by atoms with E-state index in [9.17, 15) is 9.59 Å². The Morgan fingerprint density at radius 2 is 1.85 bits per heavy atom. The molecule has 0 aromatic heterocycles. The molecule has 0 fully saturated rings. The first-order valence-corrected chi connectivity index (χ1v) is 8.23. The minimum atomic E-state index is -0.895. The van der Waals surface area contributed by atoms with Crippen molar-refractivity contribution in [3.63, 3.8) is 0 Å². The van der Waals surface area contributed by atoms with E-state index in [4.69, 9.17) is 14.2 Å². The summed E-state index contributed by atoms with van der Waals surface area (Å²) in [5.74, 6) is 0.118. The smallest absolute Gasteiger partial charge is 0.329 e. The van der Waals surface area contributed by atoms with E-state index in [0.29, 0.717) is 33.0 Å². The molecule has 2 aromatic carbocycles. The van der Waals surface area contributed by atoms with Crippen LogP contribution in [0.15, 0.2) is 46.0 Å². The van der Waals surface area contributed by atoms with E-state index in [0.717, 1.165) is 0 Å². The molecule has 0 saturated heterocycles. The summed E-state index contributed by atoms with van der Waals surface area (Å²) in [6, 6.07) is 10.0. The minimum Gasteiger partial charge on any atom is -0.497 e. The van der Waals surface area contributed by atoms with Crippen LogP contribution in [0.5, 0.6) is 17.2 Å². The number of hydrogen-bond acceptors (Lipinski definition) is 6. The quantitative estimate of drug-likeness (QED) is 0.449. The number of anilines is 1. The van der Waals surface area contributed by atoms with E-state index >= 15 is 0 Å². The van der Waals surface area contributed by atoms with Gasteiger partial charge in [-0.15, -0.1) is 0 Å². The first-order chi connectivity index (χ1) is 12.6. The first-order valence-electron chi connectivity index (χ1n) is 7.44. The highest BCUT2D eigenvalue weighted by atomic mass is 79.9. The first kappa shape index (κ1) is 17.7. The number of methoxy groups -OCH3 is 1. The summed E-state index contributed by atoms with van der Waals surface area (Å²) in [6.45, 7) is 0.157. The van der Waals surface area contributed by atoms with E-state index in [1.807, 2.05) is 0 Å². The van der Waals surface area contributed by atoms with E-state index in [2.05, 4.69) is 31.8 Å². The van der Waals surface area contributed by atoms with Gasteiger partial charge in [0.15, 0.2) is 11.5 Å². The molecule has 0 bridgehead atoms. The molecule has 1 aliphatic heterocycles. The van der Waals surface area contributed by atoms with Gasteiger partial charge in [-0.3, -0.25) is 9.59 Å². The average molecular weight is 420 g/mol. The summed E-state index contributed by atoms with van der Waals surface area (Å²) < 4.78 is 16.3. The van der Waals surface area contributed by atoms with Crippen LogP contribution in [0.2, 0.25) is 0 Å². The molecule has 0 atom stereocenters. The summed E-state index contributed by atoms with van der Waals surface area (Å²) >= 11 is 3.37. The number of ether oxygens (including phenoxy) is 3. The van der Waals surface area contributed by atoms with E-state index in [1.54, 1.807) is 36.4 Å². The van der Waals surface area contributed by atoms with Crippen molar-refractivity contribution in [1.82, 2.24) is 5.43 Å². The summed E-state index contributed by atoms with van der Waals surface area (Å²) in [5, 5.41) is 6.25. The lowest BCUT2D eigenvalue weighted by atomic mass is 10.2. The van der Waals surface area contributed by atoms with Crippen molar-refractivity contribution in [3.05, 3.63) is 46.4 Å². The number of nitrogens with zero attached hydrogens (tertiary/aromatic N) is 1. The van der Waals surface area contributed by atoms with Crippen LogP contribution in [0.25, 0.3) is 0 Å². The van der Waals surface area contributed by atoms with Gasteiger partial charge in [0.1, 0.15) is 5.75 Å². The number of fused-ring (bicyclic) bond motifs is 1. The van der Waals surface area contributed by atoms with Crippen LogP contribution in [0.1, 0.15) is 5.56 Å². The Balaban J connectivity index is 1.57. The van der Waals surface area contributed by atoms with E-state index in [1.165, 1.54) is 13.3 Å². The van der Waals surface area contributed by atoms with Crippen molar-refractivity contribution < 1.29 is 23.8 Å². The zero-order valence-electron chi connectivity index (χ0n) is 13.6. The van der Waals surface area contributed by atoms with Gasteiger partial charge < -0.3 is 19.5 Å². The molecule has 1 aliphatic rings. The summed E-state index contributed by atoms with van der Waals surface area (Å²) in [5.41, 5.74) is 3.29. The van der Waals surface area contributed by atoms with Gasteiger partial charge in [-0.2, -0.15) is 5.10 Å². The predicted octanol–water partition coefficient (Wildman–Crippen LogP) is 2.28. The predicted molar refractivity (Wildman–Crippen MR) is 97.6 cm³/mol. The molecule has 1 heterocycles. The third kappa shape index (κ3) is 4.12. The van der Waals surface area contributed by atoms with Crippen LogP contribution in [0.3, 0.4) is 0 Å². The van der Waals surface area contributed by atoms with Crippen molar-refractivity contribution in [2.45, 2.75) is 0 Å². The van der Waals surface area contributed by atoms with Gasteiger partial charge in [-0.05, 0) is 52.3 Å². The fourth-order valence-electron chi connectivity index (χ4n) is 2.11. The second-order valence-electron chi connectivity index (χ2n) is 5.11. The average Bonchev–Trinajstić information content (AvgIpc) is 3.09. The topological polar surface area (TPSA) is 98.2 Å². The molecule has 0 radical (unpaired) electrons. The third-order valence-corrected chi connectivity index (χ3v) is 4.10. The van der Waals surface area contributed by atoms with Crippen molar-refractivity contribution in [1.29, 1.82) is 0 Å². The molecule has 134 valence electrons. The number of rotatable bonds is 4. The maximum Gasteiger partial charge on any atom is 0.329 e. The third-order valence-electron chi connectivity index (χ3n) is 3.42. The highest BCUT2D eigenvalue weighted by molar-refractivity contribution is 9.10. The van der Waals surface area contributed by atoms with Crippen molar-refractivity contribution in [2.75, 3.05) is 19.2 Å². The van der Waals surface area contributed by atoms with Gasteiger partial charge >= 0.3 is 11.8 Å². The number of nitrogens with one attached hydrogen (secondary N) is 2. The standard InChI is InChI=1S/C17H14BrN3O5/c1-24-12-4-2-11(3-5-12)20-16(22)17(23)21-19-8-10-6-14-15(7-13(10)18)26-9-25-14/h2-8H,9H2,1H3,(H,20,22)(H,21,23). The highest BCUT2D eigenvalue weighted by Gasteiger charge is 2.16. The number of carbonyl (C=O) groups excluding carboxylic acids is 2. The number of halogens is 1. The van der Waals surface area contributed by atoms with Gasteiger partial charge in [0.25, 0.3) is 0 Å². The van der Waals surface area contributed by atoms with Crippen molar-refractivity contribution in [3.8, 4) is 17.2 Å². The minimum absolute atomic E-state index is 0.157. The fraction of sp³-hybridized carbons (Fsp3) is 0.118. The van der Waals surface area contributed by atoms with E-state index < -0.39 is 11.8 Å². The Labute approximate surface area is 157 Å². The monoisotopic (exact) mass is 419 g/mol. The molecule has 26 heavy (non-hydrogen) atoms. The molecule has 0 spiro atoms. The number of hydrogen-bond donors (Lipinski definition) is 2. The lowest BCUT2D eigenvalue weighted by molar-refractivity contribution is -0.136. The molecule has 2 amide bonds. The highest BCUT2D eigenvalue weighted by Crippen LogP contribution is 2.36. The number of amides is 2. The summed E-state index contributed by atoms with van der Waals surface area (Å²) in [4.78, 5) is 23.7.